The summed E-state index contributed by atoms with van der Waals surface area (Å²) in [6.45, 7) is 0. The molecule has 0 unspecified atom stereocenters. The monoisotopic (exact) mass is 289 g/mol. The summed E-state index contributed by atoms with van der Waals surface area (Å²) in [4.78, 5) is 26.3. The maximum absolute atomic E-state index is 11.0. The number of hydrogen-bond donors (Lipinski definition) is 1. The SMILES string of the molecule is O=C(O)c1cn2cc(-c3ccccc3[N+](=O)[O-])nc2s1. The highest BCUT2D eigenvalue weighted by Gasteiger charge is 2.18. The van der Waals surface area contributed by atoms with E-state index in [0.29, 0.717) is 16.2 Å². The molecule has 0 amide bonds. The lowest BCUT2D eigenvalue weighted by atomic mass is 10.1. The van der Waals surface area contributed by atoms with Gasteiger partial charge in [-0.2, -0.15) is 0 Å². The minimum atomic E-state index is -1.02. The molecule has 8 heteroatoms. The standard InChI is InChI=1S/C12H7N3O4S/c16-11(17)10-6-14-5-8(13-12(14)20-10)7-3-1-2-4-9(7)15(18)19/h1-6H,(H,16,17). The van der Waals surface area contributed by atoms with Crippen LogP contribution in [0.3, 0.4) is 0 Å². The molecule has 0 aliphatic rings. The topological polar surface area (TPSA) is 97.7 Å². The van der Waals surface area contributed by atoms with E-state index in [-0.39, 0.29) is 10.6 Å². The number of carboxylic acid groups (broad SMARTS) is 1. The Balaban J connectivity index is 2.13. The van der Waals surface area contributed by atoms with Crippen molar-refractivity contribution in [3.63, 3.8) is 0 Å². The van der Waals surface area contributed by atoms with Crippen LogP contribution in [0.15, 0.2) is 36.7 Å². The highest BCUT2D eigenvalue weighted by molar-refractivity contribution is 7.18. The van der Waals surface area contributed by atoms with Crippen molar-refractivity contribution >= 4 is 28.0 Å². The van der Waals surface area contributed by atoms with Crippen LogP contribution in [0.4, 0.5) is 5.69 Å². The van der Waals surface area contributed by atoms with Gasteiger partial charge in [-0.1, -0.05) is 23.5 Å². The van der Waals surface area contributed by atoms with Gasteiger partial charge < -0.3 is 5.11 Å². The molecule has 100 valence electrons. The number of imidazole rings is 1. The molecule has 0 radical (unpaired) electrons. The van der Waals surface area contributed by atoms with E-state index >= 15 is 0 Å². The lowest BCUT2D eigenvalue weighted by Crippen LogP contribution is -1.92. The van der Waals surface area contributed by atoms with Crippen LogP contribution < -0.4 is 0 Å². The largest absolute Gasteiger partial charge is 0.477 e. The van der Waals surface area contributed by atoms with Crippen LogP contribution in [-0.4, -0.2) is 25.4 Å². The number of carboxylic acids is 1. The third kappa shape index (κ3) is 1.91. The van der Waals surface area contributed by atoms with Crippen molar-refractivity contribution in [3.8, 4) is 11.3 Å². The first-order valence-electron chi connectivity index (χ1n) is 5.52. The number of fused-ring (bicyclic) bond motifs is 1. The van der Waals surface area contributed by atoms with Crippen LogP contribution in [0.25, 0.3) is 16.2 Å². The van der Waals surface area contributed by atoms with Crippen LogP contribution in [0.5, 0.6) is 0 Å². The van der Waals surface area contributed by atoms with Crippen LogP contribution >= 0.6 is 11.3 Å². The van der Waals surface area contributed by atoms with E-state index in [0.717, 1.165) is 11.3 Å². The van der Waals surface area contributed by atoms with Crippen molar-refractivity contribution in [2.24, 2.45) is 0 Å². The van der Waals surface area contributed by atoms with Gasteiger partial charge in [0.05, 0.1) is 16.2 Å². The van der Waals surface area contributed by atoms with Gasteiger partial charge in [-0.3, -0.25) is 14.5 Å². The molecular weight excluding hydrogens is 282 g/mol. The molecular formula is C12H7N3O4S. The van der Waals surface area contributed by atoms with Gasteiger partial charge in [0.25, 0.3) is 5.69 Å². The molecule has 0 bridgehead atoms. The van der Waals surface area contributed by atoms with E-state index in [9.17, 15) is 14.9 Å². The predicted molar refractivity (Wildman–Crippen MR) is 72.1 cm³/mol. The summed E-state index contributed by atoms with van der Waals surface area (Å²) in [5, 5.41) is 19.9. The van der Waals surface area contributed by atoms with Gasteiger partial charge >= 0.3 is 5.97 Å². The number of para-hydroxylation sites is 1. The molecule has 0 atom stereocenters. The van der Waals surface area contributed by atoms with Crippen molar-refractivity contribution in [3.05, 3.63) is 51.7 Å². The first-order valence-corrected chi connectivity index (χ1v) is 6.33. The number of benzene rings is 1. The van der Waals surface area contributed by atoms with E-state index in [1.807, 2.05) is 0 Å². The predicted octanol–water partition coefficient (Wildman–Crippen LogP) is 2.67. The normalized spacial score (nSPS) is 10.8. The third-order valence-electron chi connectivity index (χ3n) is 2.74. The molecule has 20 heavy (non-hydrogen) atoms. The lowest BCUT2D eigenvalue weighted by Gasteiger charge is -1.97. The average Bonchev–Trinajstić information content (AvgIpc) is 2.96. The Morgan fingerprint density at radius 2 is 2.10 bits per heavy atom. The summed E-state index contributed by atoms with van der Waals surface area (Å²) in [5.74, 6) is -1.02. The summed E-state index contributed by atoms with van der Waals surface area (Å²) in [7, 11) is 0. The zero-order valence-electron chi connectivity index (χ0n) is 9.89. The van der Waals surface area contributed by atoms with Gasteiger partial charge in [-0.15, -0.1) is 0 Å². The van der Waals surface area contributed by atoms with Crippen molar-refractivity contribution in [1.82, 2.24) is 9.38 Å². The van der Waals surface area contributed by atoms with Crippen molar-refractivity contribution in [2.45, 2.75) is 0 Å². The Hall–Kier alpha value is -2.74. The van der Waals surface area contributed by atoms with Crippen LogP contribution in [0.2, 0.25) is 0 Å². The summed E-state index contributed by atoms with van der Waals surface area (Å²) in [6.07, 6.45) is 3.02. The Labute approximate surface area is 115 Å². The van der Waals surface area contributed by atoms with Gasteiger partial charge in [-0.25, -0.2) is 9.78 Å². The first-order chi connectivity index (χ1) is 9.56. The van der Waals surface area contributed by atoms with Gasteiger partial charge in [-0.05, 0) is 6.07 Å². The molecule has 2 heterocycles. The average molecular weight is 289 g/mol. The lowest BCUT2D eigenvalue weighted by molar-refractivity contribution is -0.384. The van der Waals surface area contributed by atoms with Gasteiger partial charge in [0.1, 0.15) is 4.88 Å². The second kappa shape index (κ2) is 4.42. The maximum Gasteiger partial charge on any atom is 0.347 e. The quantitative estimate of drug-likeness (QED) is 0.590. The minimum Gasteiger partial charge on any atom is -0.477 e. The Morgan fingerprint density at radius 1 is 1.35 bits per heavy atom. The second-order valence-electron chi connectivity index (χ2n) is 3.99. The Kier molecular flexibility index (Phi) is 2.72. The third-order valence-corrected chi connectivity index (χ3v) is 3.73. The van der Waals surface area contributed by atoms with Crippen LogP contribution in [0.1, 0.15) is 9.67 Å². The zero-order chi connectivity index (χ0) is 14.3. The molecule has 7 nitrogen and oxygen atoms in total. The van der Waals surface area contributed by atoms with E-state index in [1.54, 1.807) is 28.8 Å². The van der Waals surface area contributed by atoms with Gasteiger partial charge in [0.15, 0.2) is 4.96 Å². The van der Waals surface area contributed by atoms with Crippen molar-refractivity contribution in [2.75, 3.05) is 0 Å². The molecule has 0 saturated heterocycles. The number of nitro benzene ring substituents is 1. The van der Waals surface area contributed by atoms with E-state index in [1.165, 1.54) is 12.3 Å². The number of nitrogens with zero attached hydrogens (tertiary/aromatic N) is 3. The number of aromatic carboxylic acids is 1. The fourth-order valence-electron chi connectivity index (χ4n) is 1.87. The summed E-state index contributed by atoms with van der Waals surface area (Å²) in [6, 6.07) is 6.30. The molecule has 0 fully saturated rings. The number of carbonyl (C=O) groups is 1. The van der Waals surface area contributed by atoms with Gasteiger partial charge in [0.2, 0.25) is 0 Å². The van der Waals surface area contributed by atoms with Gasteiger partial charge in [0, 0.05) is 18.5 Å². The number of nitro groups is 1. The summed E-state index contributed by atoms with van der Waals surface area (Å²) >= 11 is 1.02. The van der Waals surface area contributed by atoms with Crippen molar-refractivity contribution in [1.29, 1.82) is 0 Å². The molecule has 3 rings (SSSR count). The summed E-state index contributed by atoms with van der Waals surface area (Å²) < 4.78 is 1.56. The maximum atomic E-state index is 11.0. The zero-order valence-corrected chi connectivity index (χ0v) is 10.7. The molecule has 0 spiro atoms. The second-order valence-corrected chi connectivity index (χ2v) is 5.00. The van der Waals surface area contributed by atoms with E-state index in [4.69, 9.17) is 5.11 Å². The molecule has 2 aromatic heterocycles. The van der Waals surface area contributed by atoms with E-state index in [2.05, 4.69) is 4.98 Å². The number of thiazole rings is 1. The van der Waals surface area contributed by atoms with Crippen LogP contribution in [0, 0.1) is 10.1 Å². The number of rotatable bonds is 3. The Bertz CT molecular complexity index is 805. The van der Waals surface area contributed by atoms with E-state index < -0.39 is 10.9 Å². The fourth-order valence-corrected chi connectivity index (χ4v) is 2.68. The molecule has 3 aromatic rings. The smallest absolute Gasteiger partial charge is 0.347 e. The van der Waals surface area contributed by atoms with Crippen LogP contribution in [-0.2, 0) is 0 Å². The number of aromatic nitrogens is 2. The highest BCUT2D eigenvalue weighted by atomic mass is 32.1. The van der Waals surface area contributed by atoms with Crippen molar-refractivity contribution < 1.29 is 14.8 Å². The number of hydrogen-bond acceptors (Lipinski definition) is 5. The molecule has 1 N–H and O–H groups in total. The molecule has 1 aromatic carbocycles. The molecule has 0 aliphatic carbocycles. The molecule has 0 aliphatic heterocycles. The Morgan fingerprint density at radius 3 is 2.75 bits per heavy atom. The molecule has 0 saturated carbocycles. The minimum absolute atomic E-state index is 0.0308. The highest BCUT2D eigenvalue weighted by Crippen LogP contribution is 2.30. The summed E-state index contributed by atoms with van der Waals surface area (Å²) in [5.41, 5.74) is 0.822. The first kappa shape index (κ1) is 12.3. The fraction of sp³-hybridized carbons (Fsp3) is 0.